The van der Waals surface area contributed by atoms with E-state index in [1.165, 1.54) is 0 Å². The Kier molecular flexibility index (Phi) is 1.84. The van der Waals surface area contributed by atoms with E-state index < -0.39 is 8.10 Å². The number of hydrogen-bond acceptors (Lipinski definition) is 1. The van der Waals surface area contributed by atoms with Crippen molar-refractivity contribution in [3.8, 4) is 0 Å². The van der Waals surface area contributed by atoms with E-state index in [-0.39, 0.29) is 0 Å². The van der Waals surface area contributed by atoms with E-state index in [2.05, 4.69) is 0 Å². The maximum Gasteiger partial charge on any atom is 0.256 e. The van der Waals surface area contributed by atoms with Gasteiger partial charge in [-0.05, 0) is 7.05 Å². The second-order valence-electron chi connectivity index (χ2n) is 2.05. The van der Waals surface area contributed by atoms with Crippen molar-refractivity contribution in [1.29, 1.82) is 0 Å². The molecule has 1 aliphatic heterocycles. The van der Waals surface area contributed by atoms with E-state index in [9.17, 15) is 4.57 Å². The second-order valence-corrected chi connectivity index (χ2v) is 3.87. The van der Waals surface area contributed by atoms with E-state index in [1.807, 2.05) is 26.4 Å². The Bertz CT molecular complexity index is 157. The highest BCUT2D eigenvalue weighted by molar-refractivity contribution is 7.39. The van der Waals surface area contributed by atoms with Gasteiger partial charge in [-0.25, -0.2) is 9.24 Å². The lowest BCUT2D eigenvalue weighted by Gasteiger charge is -2.23. The molecule has 51 valence electrons. The van der Waals surface area contributed by atoms with Crippen molar-refractivity contribution < 1.29 is 4.57 Å². The summed E-state index contributed by atoms with van der Waals surface area (Å²) in [7, 11) is 2.37. The molecule has 3 nitrogen and oxygen atoms in total. The first-order valence-corrected chi connectivity index (χ1v) is 3.96. The summed E-state index contributed by atoms with van der Waals surface area (Å²) in [6.45, 7) is 0.791. The number of nitrogens with zero attached hydrogens (tertiary/aromatic N) is 2. The summed E-state index contributed by atoms with van der Waals surface area (Å²) in [5, 5.41) is 0. The van der Waals surface area contributed by atoms with Crippen LogP contribution in [0.1, 0.15) is 0 Å². The highest BCUT2D eigenvalue weighted by Gasteiger charge is 2.13. The maximum atomic E-state index is 11.1. The molecular weight excluding hydrogens is 135 g/mol. The van der Waals surface area contributed by atoms with Gasteiger partial charge in [-0.3, -0.25) is 4.67 Å². The van der Waals surface area contributed by atoms with E-state index >= 15 is 0 Å². The third-order valence-electron chi connectivity index (χ3n) is 1.25. The van der Waals surface area contributed by atoms with Crippen molar-refractivity contribution in [2.24, 2.45) is 0 Å². The van der Waals surface area contributed by atoms with Gasteiger partial charge in [0.2, 0.25) is 0 Å². The molecule has 0 aromatic carbocycles. The normalized spacial score (nSPS) is 25.1. The molecule has 4 heteroatoms. The SMILES string of the molecule is CN1C=CCN(C)[P]1=O. The highest BCUT2D eigenvalue weighted by atomic mass is 31.1. The molecule has 1 radical (unpaired) electrons. The Labute approximate surface area is 55.8 Å². The van der Waals surface area contributed by atoms with Crippen LogP contribution >= 0.6 is 8.10 Å². The molecule has 0 spiro atoms. The lowest BCUT2D eigenvalue weighted by Crippen LogP contribution is -2.20. The van der Waals surface area contributed by atoms with Crippen molar-refractivity contribution in [2.45, 2.75) is 0 Å². The molecule has 0 aromatic heterocycles. The van der Waals surface area contributed by atoms with Crippen molar-refractivity contribution >= 4 is 8.10 Å². The van der Waals surface area contributed by atoms with Gasteiger partial charge in [-0.15, -0.1) is 0 Å². The fourth-order valence-electron chi connectivity index (χ4n) is 0.720. The molecule has 0 amide bonds. The van der Waals surface area contributed by atoms with Crippen molar-refractivity contribution in [1.82, 2.24) is 9.34 Å². The van der Waals surface area contributed by atoms with Crippen LogP contribution in [0.3, 0.4) is 0 Å². The fourth-order valence-corrected chi connectivity index (χ4v) is 1.64. The van der Waals surface area contributed by atoms with Gasteiger partial charge in [0.05, 0.1) is 0 Å². The van der Waals surface area contributed by atoms with Gasteiger partial charge in [0.25, 0.3) is 8.10 Å². The van der Waals surface area contributed by atoms with E-state index in [0.29, 0.717) is 0 Å². The van der Waals surface area contributed by atoms with Gasteiger partial charge >= 0.3 is 0 Å². The van der Waals surface area contributed by atoms with Crippen molar-refractivity contribution in [3.05, 3.63) is 12.3 Å². The van der Waals surface area contributed by atoms with Crippen LogP contribution in [0.5, 0.6) is 0 Å². The summed E-state index contributed by atoms with van der Waals surface area (Å²) < 4.78 is 14.6. The minimum atomic E-state index is -1.28. The summed E-state index contributed by atoms with van der Waals surface area (Å²) in [5.74, 6) is 0. The molecule has 1 atom stereocenters. The Balaban J connectivity index is 2.69. The molecule has 9 heavy (non-hydrogen) atoms. The summed E-state index contributed by atoms with van der Waals surface area (Å²) in [6.07, 6.45) is 3.83. The highest BCUT2D eigenvalue weighted by Crippen LogP contribution is 2.31. The average molecular weight is 145 g/mol. The lowest BCUT2D eigenvalue weighted by molar-refractivity contribution is 0.456. The Morgan fingerprint density at radius 2 is 2.22 bits per heavy atom. The fraction of sp³-hybridized carbons (Fsp3) is 0.600. The van der Waals surface area contributed by atoms with Crippen molar-refractivity contribution in [3.63, 3.8) is 0 Å². The topological polar surface area (TPSA) is 23.6 Å². The third kappa shape index (κ3) is 1.29. The van der Waals surface area contributed by atoms with Gasteiger partial charge in [-0.1, -0.05) is 6.08 Å². The Morgan fingerprint density at radius 1 is 1.56 bits per heavy atom. The molecule has 1 heterocycles. The van der Waals surface area contributed by atoms with Gasteiger partial charge < -0.3 is 0 Å². The maximum absolute atomic E-state index is 11.1. The zero-order chi connectivity index (χ0) is 6.85. The molecule has 0 fully saturated rings. The van der Waals surface area contributed by atoms with Crippen molar-refractivity contribution in [2.75, 3.05) is 20.6 Å². The van der Waals surface area contributed by atoms with E-state index in [0.717, 1.165) is 6.54 Å². The number of likely N-dealkylation sites (N-methyl/N-ethyl adjacent to an activating group) is 1. The van der Waals surface area contributed by atoms with Crippen LogP contribution in [0.4, 0.5) is 0 Å². The molecule has 0 aromatic rings. The predicted molar refractivity (Wildman–Crippen MR) is 37.1 cm³/mol. The minimum absolute atomic E-state index is 0.791. The Morgan fingerprint density at radius 3 is 2.67 bits per heavy atom. The summed E-state index contributed by atoms with van der Waals surface area (Å²) in [5.41, 5.74) is 0. The lowest BCUT2D eigenvalue weighted by atomic mass is 10.6. The van der Waals surface area contributed by atoms with Crippen LogP contribution in [-0.2, 0) is 4.57 Å². The minimum Gasteiger partial charge on any atom is -0.299 e. The van der Waals surface area contributed by atoms with Gasteiger partial charge in [0.1, 0.15) is 0 Å². The first-order chi connectivity index (χ1) is 4.22. The van der Waals surface area contributed by atoms with Crippen LogP contribution in [0.15, 0.2) is 12.3 Å². The molecule has 0 bridgehead atoms. The molecule has 0 aliphatic carbocycles. The van der Waals surface area contributed by atoms with Crippen LogP contribution < -0.4 is 0 Å². The van der Waals surface area contributed by atoms with Gasteiger partial charge in [0.15, 0.2) is 0 Å². The van der Waals surface area contributed by atoms with E-state index in [4.69, 9.17) is 0 Å². The predicted octanol–water partition coefficient (Wildman–Crippen LogP) is 1.03. The molecule has 0 N–H and O–H groups in total. The number of rotatable bonds is 0. The van der Waals surface area contributed by atoms with E-state index in [1.54, 1.807) is 9.34 Å². The van der Waals surface area contributed by atoms with Crippen LogP contribution in [0.2, 0.25) is 0 Å². The van der Waals surface area contributed by atoms with Crippen LogP contribution in [-0.4, -0.2) is 30.0 Å². The average Bonchev–Trinajstić information content (AvgIpc) is 1.83. The molecule has 1 unspecified atom stereocenters. The van der Waals surface area contributed by atoms with Crippen LogP contribution in [0, 0.1) is 0 Å². The monoisotopic (exact) mass is 145 g/mol. The van der Waals surface area contributed by atoms with Gasteiger partial charge in [0, 0.05) is 19.8 Å². The van der Waals surface area contributed by atoms with Crippen LogP contribution in [0.25, 0.3) is 0 Å². The molecule has 1 aliphatic rings. The molecule has 1 rings (SSSR count). The number of hydrogen-bond donors (Lipinski definition) is 0. The zero-order valence-corrected chi connectivity index (χ0v) is 6.51. The third-order valence-corrected chi connectivity index (χ3v) is 2.67. The first-order valence-electron chi connectivity index (χ1n) is 2.79. The summed E-state index contributed by atoms with van der Waals surface area (Å²) in [4.78, 5) is 0. The zero-order valence-electron chi connectivity index (χ0n) is 5.61. The standard InChI is InChI=1S/C5H10N2OP/c1-6-4-3-5-7(2)9(6)8/h3-4H,5H2,1-2H3. The largest absolute Gasteiger partial charge is 0.299 e. The summed E-state index contributed by atoms with van der Waals surface area (Å²) in [6, 6.07) is 0. The molecule has 0 saturated heterocycles. The molecular formula is C5H10N2OP. The Hall–Kier alpha value is -0.400. The second kappa shape index (κ2) is 2.46. The molecule has 0 saturated carbocycles. The quantitative estimate of drug-likeness (QED) is 0.476. The first kappa shape index (κ1) is 6.72. The smallest absolute Gasteiger partial charge is 0.256 e. The summed E-state index contributed by atoms with van der Waals surface area (Å²) >= 11 is 0. The van der Waals surface area contributed by atoms with Gasteiger partial charge in [-0.2, -0.15) is 0 Å².